The highest BCUT2D eigenvalue weighted by molar-refractivity contribution is 7.90. The van der Waals surface area contributed by atoms with Crippen LogP contribution in [0.25, 0.3) is 0 Å². The van der Waals surface area contributed by atoms with Crippen LogP contribution in [0.15, 0.2) is 0 Å². The molecule has 0 N–H and O–H groups in total. The molecule has 0 nitrogen and oxygen atoms in total. The van der Waals surface area contributed by atoms with Crippen molar-refractivity contribution in [3.05, 3.63) is 0 Å². The molecule has 38 heavy (non-hydrogen) atoms. The maximum atomic E-state index is 13.8. The molecule has 0 aliphatic heterocycles. The first-order valence-corrected chi connectivity index (χ1v) is 10.4. The van der Waals surface area contributed by atoms with Crippen LogP contribution in [0.5, 0.6) is 0 Å². The molecule has 38 heteroatoms. The fourth-order valence-electron chi connectivity index (χ4n) is 2.85. The summed E-state index contributed by atoms with van der Waals surface area (Å²) in [5.74, 6) is 0. The van der Waals surface area contributed by atoms with Gasteiger partial charge in [-0.2, -0.15) is 0 Å². The molecule has 0 aliphatic carbocycles. The van der Waals surface area contributed by atoms with Gasteiger partial charge in [-0.05, 0) is 0 Å². The standard InChI is InChI=1S/B19F19H2/c20-1-3(22)5(24)7(26)9(28)11(30)13(32)15(34)17(36)19(38)18(37)16(35)14(33)12(31)10(29)8(27)6(25)4(23)2-21/h1-2H. The van der Waals surface area contributed by atoms with Gasteiger partial charge in [0.25, 0.3) is 0 Å². The second-order valence-corrected chi connectivity index (χ2v) is 8.01. The average Bonchev–Trinajstić information content (AvgIpc) is 2.93. The Labute approximate surface area is 212 Å². The van der Waals surface area contributed by atoms with Gasteiger partial charge >= 0.3 is 130 Å². The van der Waals surface area contributed by atoms with E-state index in [0.717, 1.165) is 0 Å². The Morgan fingerprint density at radius 1 is 0.211 bits per heavy atom. The number of rotatable bonds is 18. The summed E-state index contributed by atoms with van der Waals surface area (Å²) < 4.78 is 252. The molecule has 0 spiro atoms. The lowest BCUT2D eigenvalue weighted by atomic mass is 8.74. The van der Waals surface area contributed by atoms with E-state index in [-0.39, 0.29) is 0 Å². The second kappa shape index (κ2) is 17.0. The monoisotopic (exact) mass is 572 g/mol. The van der Waals surface area contributed by atoms with Gasteiger partial charge < -0.3 is 82.0 Å². The molecular formula is H2B19F19. The summed E-state index contributed by atoms with van der Waals surface area (Å²) in [6.07, 6.45) is 0. The van der Waals surface area contributed by atoms with Gasteiger partial charge in [-0.15, -0.1) is 0 Å². The lowest BCUT2D eigenvalue weighted by molar-refractivity contribution is 0.775. The van der Waals surface area contributed by atoms with Gasteiger partial charge in [-0.1, -0.05) is 0 Å². The molecule has 0 saturated heterocycles. The fourth-order valence-corrected chi connectivity index (χ4v) is 2.85. The second-order valence-electron chi connectivity index (χ2n) is 8.01. The minimum absolute atomic E-state index is 2.28. The highest BCUT2D eigenvalue weighted by atomic mass is 19.2. The summed E-state index contributed by atoms with van der Waals surface area (Å²) in [7, 11) is -4.55. The van der Waals surface area contributed by atoms with E-state index >= 15 is 0 Å². The van der Waals surface area contributed by atoms with Crippen LogP contribution >= 0.6 is 0 Å². The highest BCUT2D eigenvalue weighted by Crippen LogP contribution is 2.19. The Kier molecular flexibility index (Phi) is 17.0. The topological polar surface area (TPSA) is 0 Å². The zero-order valence-corrected chi connectivity index (χ0v) is 18.4. The molecule has 0 amide bonds. The van der Waals surface area contributed by atoms with Gasteiger partial charge in [-0.25, -0.2) is 0 Å². The molecule has 0 fully saturated rings. The molecular weight excluding hydrogens is 566 g/mol. The minimum atomic E-state index is -4.44. The Hall–Kier alpha value is -0.0962. The van der Waals surface area contributed by atoms with Gasteiger partial charge in [0.15, 0.2) is 0 Å². The van der Waals surface area contributed by atoms with Crippen molar-refractivity contribution in [1.29, 1.82) is 0 Å². The molecule has 0 heterocycles. The van der Waals surface area contributed by atoms with Crippen LogP contribution in [0, 0.1) is 0 Å². The first-order chi connectivity index (χ1) is 17.4. The third-order valence-corrected chi connectivity index (χ3v) is 5.24. The van der Waals surface area contributed by atoms with Crippen molar-refractivity contribution >= 4 is 130 Å². The molecule has 0 bridgehead atoms. The number of hydrogen-bond donors (Lipinski definition) is 0. The van der Waals surface area contributed by atoms with Crippen LogP contribution in [0.3, 0.4) is 0 Å². The van der Waals surface area contributed by atoms with Crippen LogP contribution in [-0.4, -0.2) is 130 Å². The van der Waals surface area contributed by atoms with Gasteiger partial charge in [0.2, 0.25) is 0 Å². The van der Waals surface area contributed by atoms with Crippen LogP contribution in [0.4, 0.5) is 82.0 Å². The third kappa shape index (κ3) is 9.49. The van der Waals surface area contributed by atoms with Crippen LogP contribution in [0.2, 0.25) is 0 Å². The molecule has 0 saturated carbocycles. The zero-order chi connectivity index (χ0) is 30.2. The van der Waals surface area contributed by atoms with Gasteiger partial charge in [-0.3, -0.25) is 0 Å². The van der Waals surface area contributed by atoms with Crippen LogP contribution < -0.4 is 0 Å². The van der Waals surface area contributed by atoms with Gasteiger partial charge in [0.05, 0.1) is 0 Å². The normalized spacial score (nSPS) is 9.97. The minimum Gasteiger partial charge on any atom is -0.350 e. The predicted octanol–water partition coefficient (Wildman–Crippen LogP) is 0.213. The molecule has 0 aromatic heterocycles. The molecule has 0 unspecified atom stereocenters. The van der Waals surface area contributed by atoms with E-state index in [4.69, 9.17) is 0 Å². The Bertz CT molecular complexity index is 593. The van der Waals surface area contributed by atoms with Crippen molar-refractivity contribution in [2.75, 3.05) is 0 Å². The summed E-state index contributed by atoms with van der Waals surface area (Å²) in [5.41, 5.74) is 0. The fraction of sp³-hybridized carbons (Fsp3) is 0. The number of halogens is 19. The van der Waals surface area contributed by atoms with Crippen molar-refractivity contribution in [3.8, 4) is 0 Å². The summed E-state index contributed by atoms with van der Waals surface area (Å²) in [6.45, 7) is -70.2. The SMILES string of the molecule is FBB(F)B(F)B(F)B(F)B(F)B(F)B(F)B(F)B(F)B(F)B(F)B(F)B(F)B(F)B(F)B(F)B(F)BF. The molecule has 0 atom stereocenters. The first-order valence-electron chi connectivity index (χ1n) is 10.4. The third-order valence-electron chi connectivity index (χ3n) is 5.24. The average molecular weight is 568 g/mol. The van der Waals surface area contributed by atoms with E-state index in [9.17, 15) is 82.0 Å². The highest BCUT2D eigenvalue weighted by Gasteiger charge is 2.68. The zero-order valence-electron chi connectivity index (χ0n) is 18.4. The molecule has 0 radical (unpaired) electrons. The molecule has 0 aromatic rings. The maximum absolute atomic E-state index is 13.8. The molecule has 192 valence electrons. The van der Waals surface area contributed by atoms with Crippen LogP contribution in [-0.2, 0) is 0 Å². The van der Waals surface area contributed by atoms with Crippen molar-refractivity contribution in [2.24, 2.45) is 0 Å². The van der Waals surface area contributed by atoms with E-state index < -0.39 is 130 Å². The quantitative estimate of drug-likeness (QED) is 0.164. The van der Waals surface area contributed by atoms with E-state index in [2.05, 4.69) is 0 Å². The van der Waals surface area contributed by atoms with E-state index in [1.54, 1.807) is 0 Å². The predicted molar refractivity (Wildman–Crippen MR) is 133 cm³/mol. The number of hydrogen-bond acceptors (Lipinski definition) is 0. The molecule has 0 aromatic carbocycles. The lowest BCUT2D eigenvalue weighted by Crippen LogP contribution is -2.68. The van der Waals surface area contributed by atoms with Crippen molar-refractivity contribution in [2.45, 2.75) is 0 Å². The van der Waals surface area contributed by atoms with E-state index in [1.165, 1.54) is 0 Å². The molecule has 0 aliphatic rings. The summed E-state index contributed by atoms with van der Waals surface area (Å²) in [6, 6.07) is 0. The van der Waals surface area contributed by atoms with Gasteiger partial charge in [0.1, 0.15) is 0 Å². The smallest absolute Gasteiger partial charge is 0.350 e. The van der Waals surface area contributed by atoms with Crippen molar-refractivity contribution in [1.82, 2.24) is 0 Å². The Balaban J connectivity index is 5.35. The molecule has 0 rings (SSSR count). The van der Waals surface area contributed by atoms with Crippen molar-refractivity contribution < 1.29 is 82.0 Å². The Morgan fingerprint density at radius 2 is 0.316 bits per heavy atom. The summed E-state index contributed by atoms with van der Waals surface area (Å²) >= 11 is 0. The van der Waals surface area contributed by atoms with Crippen LogP contribution in [0.1, 0.15) is 0 Å². The Morgan fingerprint density at radius 3 is 0.421 bits per heavy atom. The van der Waals surface area contributed by atoms with Gasteiger partial charge in [0, 0.05) is 0 Å². The largest absolute Gasteiger partial charge is 0.352 e. The summed E-state index contributed by atoms with van der Waals surface area (Å²) in [4.78, 5) is 0. The van der Waals surface area contributed by atoms with Crippen molar-refractivity contribution in [3.63, 3.8) is 0 Å². The van der Waals surface area contributed by atoms with E-state index in [1.807, 2.05) is 0 Å². The summed E-state index contributed by atoms with van der Waals surface area (Å²) in [5, 5.41) is 0. The first kappa shape index (κ1) is 37.9. The lowest BCUT2D eigenvalue weighted by Gasteiger charge is -2.17. The van der Waals surface area contributed by atoms with E-state index in [0.29, 0.717) is 0 Å². The maximum Gasteiger partial charge on any atom is 0.352 e.